The van der Waals surface area contributed by atoms with Gasteiger partial charge in [-0.25, -0.2) is 0 Å². The molecule has 18 heavy (non-hydrogen) atoms. The molecule has 2 aromatic rings. The molecule has 0 bridgehead atoms. The minimum atomic E-state index is -0.705. The van der Waals surface area contributed by atoms with Crippen LogP contribution >= 0.6 is 11.3 Å². The Morgan fingerprint density at radius 1 is 1.17 bits per heavy atom. The average molecular weight is 255 g/mol. The number of aryl methyl sites for hydroxylation is 2. The molecule has 1 unspecified atom stereocenters. The molecule has 1 heterocycles. The predicted octanol–water partition coefficient (Wildman–Crippen LogP) is 3.86. The summed E-state index contributed by atoms with van der Waals surface area (Å²) in [5.41, 5.74) is 1.88. The van der Waals surface area contributed by atoms with E-state index in [2.05, 4.69) is 6.07 Å². The van der Waals surface area contributed by atoms with Crippen LogP contribution in [0.4, 0.5) is 0 Å². The summed E-state index contributed by atoms with van der Waals surface area (Å²) >= 11 is 1.44. The van der Waals surface area contributed by atoms with Gasteiger partial charge in [0, 0.05) is 4.88 Å². The Labute approximate surface area is 111 Å². The number of carbonyl (C=O) groups is 1. The van der Waals surface area contributed by atoms with Crippen molar-refractivity contribution in [3.63, 3.8) is 0 Å². The van der Waals surface area contributed by atoms with Crippen molar-refractivity contribution in [2.45, 2.75) is 19.8 Å². The molecule has 0 aliphatic rings. The summed E-state index contributed by atoms with van der Waals surface area (Å²) in [5, 5.41) is 9.22. The normalized spacial score (nSPS) is 11.8. The third kappa shape index (κ3) is 2.49. The van der Waals surface area contributed by atoms with Gasteiger partial charge in [0.1, 0.15) is 5.92 Å². The first-order valence-electron chi connectivity index (χ1n) is 5.68. The maximum atomic E-state index is 12.3. The number of Topliss-reactive ketones (excluding diaryl/α,β-unsaturated/α-hetero) is 1. The third-order valence-corrected chi connectivity index (χ3v) is 3.80. The van der Waals surface area contributed by atoms with Gasteiger partial charge in [-0.2, -0.15) is 5.26 Å². The van der Waals surface area contributed by atoms with Crippen LogP contribution in [0, 0.1) is 25.2 Å². The molecule has 1 aromatic heterocycles. The number of thiophene rings is 1. The predicted molar refractivity (Wildman–Crippen MR) is 72.9 cm³/mol. The van der Waals surface area contributed by atoms with E-state index in [0.717, 1.165) is 16.0 Å². The van der Waals surface area contributed by atoms with Crippen LogP contribution in [-0.2, 0) is 0 Å². The lowest BCUT2D eigenvalue weighted by molar-refractivity contribution is 0.0983. The quantitative estimate of drug-likeness (QED) is 0.781. The lowest BCUT2D eigenvalue weighted by atomic mass is 9.94. The maximum absolute atomic E-state index is 12.3. The smallest absolute Gasteiger partial charge is 0.194 e. The first kappa shape index (κ1) is 12.5. The van der Waals surface area contributed by atoms with Crippen LogP contribution < -0.4 is 0 Å². The molecule has 0 aliphatic carbocycles. The monoisotopic (exact) mass is 255 g/mol. The zero-order valence-corrected chi connectivity index (χ0v) is 11.1. The van der Waals surface area contributed by atoms with Crippen LogP contribution in [0.15, 0.2) is 36.4 Å². The Kier molecular flexibility index (Phi) is 3.59. The fourth-order valence-electron chi connectivity index (χ4n) is 1.75. The molecular formula is C15H13NOS. The van der Waals surface area contributed by atoms with Gasteiger partial charge in [0.05, 0.1) is 10.9 Å². The first-order chi connectivity index (χ1) is 8.61. The molecule has 0 saturated carbocycles. The molecule has 2 nitrogen and oxygen atoms in total. The number of ketones is 1. The lowest BCUT2D eigenvalue weighted by Gasteiger charge is -2.07. The number of rotatable bonds is 3. The van der Waals surface area contributed by atoms with Crippen molar-refractivity contribution in [2.24, 2.45) is 0 Å². The number of hydrogen-bond donors (Lipinski definition) is 0. The molecule has 1 aromatic carbocycles. The highest BCUT2D eigenvalue weighted by atomic mass is 32.1. The highest BCUT2D eigenvalue weighted by Gasteiger charge is 2.22. The van der Waals surface area contributed by atoms with Crippen molar-refractivity contribution in [3.05, 3.63) is 57.3 Å². The molecule has 0 aliphatic heterocycles. The van der Waals surface area contributed by atoms with E-state index in [0.29, 0.717) is 4.88 Å². The van der Waals surface area contributed by atoms with E-state index in [4.69, 9.17) is 0 Å². The van der Waals surface area contributed by atoms with Crippen LogP contribution in [0.25, 0.3) is 0 Å². The summed E-state index contributed by atoms with van der Waals surface area (Å²) in [4.78, 5) is 14.0. The average Bonchev–Trinajstić information content (AvgIpc) is 2.79. The van der Waals surface area contributed by atoms with Gasteiger partial charge in [-0.1, -0.05) is 29.8 Å². The Morgan fingerprint density at radius 3 is 2.33 bits per heavy atom. The van der Waals surface area contributed by atoms with Crippen molar-refractivity contribution in [1.29, 1.82) is 5.26 Å². The van der Waals surface area contributed by atoms with Crippen LogP contribution in [0.3, 0.4) is 0 Å². The molecule has 0 N–H and O–H groups in total. The van der Waals surface area contributed by atoms with Crippen molar-refractivity contribution < 1.29 is 4.79 Å². The van der Waals surface area contributed by atoms with Crippen molar-refractivity contribution in [1.82, 2.24) is 0 Å². The van der Waals surface area contributed by atoms with E-state index >= 15 is 0 Å². The molecule has 0 radical (unpaired) electrons. The summed E-state index contributed by atoms with van der Waals surface area (Å²) in [5.74, 6) is -0.817. The second-order valence-corrected chi connectivity index (χ2v) is 5.54. The third-order valence-electron chi connectivity index (χ3n) is 2.79. The number of nitrogens with zero attached hydrogens (tertiary/aromatic N) is 1. The largest absolute Gasteiger partial charge is 0.291 e. The highest BCUT2D eigenvalue weighted by Crippen LogP contribution is 2.25. The summed E-state index contributed by atoms with van der Waals surface area (Å²) in [6.45, 7) is 3.93. The Balaban J connectivity index is 2.32. The maximum Gasteiger partial charge on any atom is 0.194 e. The minimum absolute atomic E-state index is 0.112. The molecule has 2 rings (SSSR count). The van der Waals surface area contributed by atoms with Crippen LogP contribution in [0.5, 0.6) is 0 Å². The van der Waals surface area contributed by atoms with Crippen LogP contribution in [-0.4, -0.2) is 5.78 Å². The number of hydrogen-bond acceptors (Lipinski definition) is 3. The van der Waals surface area contributed by atoms with E-state index in [-0.39, 0.29) is 5.78 Å². The minimum Gasteiger partial charge on any atom is -0.291 e. The second kappa shape index (κ2) is 5.16. The second-order valence-electron chi connectivity index (χ2n) is 4.25. The zero-order valence-electron chi connectivity index (χ0n) is 10.3. The molecule has 3 heteroatoms. The number of nitriles is 1. The summed E-state index contributed by atoms with van der Waals surface area (Å²) in [6.07, 6.45) is 0. The van der Waals surface area contributed by atoms with E-state index in [9.17, 15) is 10.1 Å². The van der Waals surface area contributed by atoms with Crippen molar-refractivity contribution in [3.8, 4) is 6.07 Å². The van der Waals surface area contributed by atoms with Gasteiger partial charge in [0.2, 0.25) is 0 Å². The Morgan fingerprint density at radius 2 is 1.83 bits per heavy atom. The van der Waals surface area contributed by atoms with Gasteiger partial charge in [0.25, 0.3) is 0 Å². The molecule has 90 valence electrons. The van der Waals surface area contributed by atoms with Gasteiger partial charge < -0.3 is 0 Å². The van der Waals surface area contributed by atoms with Crippen LogP contribution in [0.1, 0.15) is 31.6 Å². The van der Waals surface area contributed by atoms with Crippen LogP contribution in [0.2, 0.25) is 0 Å². The first-order valence-corrected chi connectivity index (χ1v) is 6.50. The zero-order chi connectivity index (χ0) is 13.1. The van der Waals surface area contributed by atoms with Crippen molar-refractivity contribution >= 4 is 17.1 Å². The lowest BCUT2D eigenvalue weighted by Crippen LogP contribution is -2.09. The summed E-state index contributed by atoms with van der Waals surface area (Å²) in [7, 11) is 0. The van der Waals surface area contributed by atoms with E-state index in [1.54, 1.807) is 6.07 Å². The van der Waals surface area contributed by atoms with Crippen molar-refractivity contribution in [2.75, 3.05) is 0 Å². The Hall–Kier alpha value is -1.92. The number of benzene rings is 1. The molecule has 0 spiro atoms. The molecule has 1 atom stereocenters. The van der Waals surface area contributed by atoms with Gasteiger partial charge >= 0.3 is 0 Å². The van der Waals surface area contributed by atoms with Gasteiger partial charge in [-0.05, 0) is 31.5 Å². The van der Waals surface area contributed by atoms with Gasteiger partial charge in [-0.15, -0.1) is 11.3 Å². The Bertz CT molecular complexity index is 604. The van der Waals surface area contributed by atoms with E-state index in [1.807, 2.05) is 44.2 Å². The number of carbonyl (C=O) groups excluding carboxylic acids is 1. The summed E-state index contributed by atoms with van der Waals surface area (Å²) < 4.78 is 0. The SMILES string of the molecule is Cc1ccc(C(C#N)C(=O)c2ccc(C)s2)cc1. The fourth-order valence-corrected chi connectivity index (χ4v) is 2.59. The molecule has 0 saturated heterocycles. The highest BCUT2D eigenvalue weighted by molar-refractivity contribution is 7.14. The topological polar surface area (TPSA) is 40.9 Å². The molecule has 0 fully saturated rings. The summed E-state index contributed by atoms with van der Waals surface area (Å²) in [6, 6.07) is 13.3. The molecule has 0 amide bonds. The van der Waals surface area contributed by atoms with Gasteiger partial charge in [-0.3, -0.25) is 4.79 Å². The standard InChI is InChI=1S/C15H13NOS/c1-10-3-6-12(7-4-10)13(9-16)15(17)14-8-5-11(2)18-14/h3-8,13H,1-2H3. The fraction of sp³-hybridized carbons (Fsp3) is 0.200. The van der Waals surface area contributed by atoms with E-state index < -0.39 is 5.92 Å². The molecular weight excluding hydrogens is 242 g/mol. The van der Waals surface area contributed by atoms with E-state index in [1.165, 1.54) is 11.3 Å². The van der Waals surface area contributed by atoms with Gasteiger partial charge in [0.15, 0.2) is 5.78 Å².